The van der Waals surface area contributed by atoms with Crippen molar-refractivity contribution in [3.63, 3.8) is 0 Å². The minimum absolute atomic E-state index is 0.0525. The van der Waals surface area contributed by atoms with Crippen molar-refractivity contribution in [3.05, 3.63) is 54.7 Å². The Labute approximate surface area is 128 Å². The molecular formula is C11H4Cl4N2O2. The molecule has 1 aromatic carbocycles. The highest BCUT2D eigenvalue weighted by Crippen LogP contribution is 2.42. The van der Waals surface area contributed by atoms with Gasteiger partial charge in [0.15, 0.2) is 0 Å². The van der Waals surface area contributed by atoms with Crippen molar-refractivity contribution in [2.24, 2.45) is 0 Å². The molecule has 2 aromatic rings. The SMILES string of the molecule is O=[N+]([O-])c1cnc(Cl)c(-c2c(Cl)ccc(Cl)c2Cl)c1. The van der Waals surface area contributed by atoms with E-state index < -0.39 is 4.92 Å². The van der Waals surface area contributed by atoms with E-state index in [1.807, 2.05) is 0 Å². The molecule has 0 aliphatic rings. The Balaban J connectivity index is 2.75. The fraction of sp³-hybridized carbons (Fsp3) is 0. The Kier molecular flexibility index (Phi) is 4.16. The molecule has 0 unspecified atom stereocenters. The van der Waals surface area contributed by atoms with Crippen molar-refractivity contribution in [3.8, 4) is 11.1 Å². The molecular weight excluding hydrogens is 334 g/mol. The van der Waals surface area contributed by atoms with Gasteiger partial charge in [0.2, 0.25) is 0 Å². The van der Waals surface area contributed by atoms with Gasteiger partial charge in [0, 0.05) is 17.2 Å². The van der Waals surface area contributed by atoms with Gasteiger partial charge in [0.1, 0.15) is 11.3 Å². The first-order chi connectivity index (χ1) is 8.91. The lowest BCUT2D eigenvalue weighted by atomic mass is 10.1. The summed E-state index contributed by atoms with van der Waals surface area (Å²) in [5.74, 6) is 0. The standard InChI is InChI=1S/C11H4Cl4N2O2/c12-7-1-2-8(13)10(14)9(7)6-3-5(17(18)19)4-16-11(6)15/h1-4H. The van der Waals surface area contributed by atoms with Crippen molar-refractivity contribution in [1.29, 1.82) is 0 Å². The van der Waals surface area contributed by atoms with Gasteiger partial charge in [-0.1, -0.05) is 46.4 Å². The lowest BCUT2D eigenvalue weighted by Gasteiger charge is -2.09. The summed E-state index contributed by atoms with van der Waals surface area (Å²) in [6.07, 6.45) is 1.05. The molecule has 8 heteroatoms. The van der Waals surface area contributed by atoms with Crippen LogP contribution in [-0.4, -0.2) is 9.91 Å². The van der Waals surface area contributed by atoms with Gasteiger partial charge in [-0.15, -0.1) is 0 Å². The number of nitro groups is 1. The van der Waals surface area contributed by atoms with Crippen LogP contribution in [0.1, 0.15) is 0 Å². The predicted octanol–water partition coefficient (Wildman–Crippen LogP) is 5.27. The second-order valence-electron chi connectivity index (χ2n) is 3.51. The lowest BCUT2D eigenvalue weighted by Crippen LogP contribution is -1.93. The van der Waals surface area contributed by atoms with Crippen molar-refractivity contribution in [2.45, 2.75) is 0 Å². The molecule has 1 heterocycles. The average Bonchev–Trinajstić information content (AvgIpc) is 2.36. The van der Waals surface area contributed by atoms with E-state index in [-0.39, 0.29) is 31.5 Å². The average molecular weight is 338 g/mol. The van der Waals surface area contributed by atoms with Crippen LogP contribution in [0.2, 0.25) is 20.2 Å². The van der Waals surface area contributed by atoms with Crippen LogP contribution in [0, 0.1) is 10.1 Å². The second-order valence-corrected chi connectivity index (χ2v) is 5.06. The summed E-state index contributed by atoms with van der Waals surface area (Å²) < 4.78 is 0. The summed E-state index contributed by atoms with van der Waals surface area (Å²) >= 11 is 23.9. The summed E-state index contributed by atoms with van der Waals surface area (Å²) in [5.41, 5.74) is 0.358. The second kappa shape index (κ2) is 5.51. The third kappa shape index (κ3) is 2.77. The van der Waals surface area contributed by atoms with Gasteiger partial charge in [-0.25, -0.2) is 4.98 Å². The zero-order valence-electron chi connectivity index (χ0n) is 9.03. The number of rotatable bonds is 2. The molecule has 0 atom stereocenters. The fourth-order valence-electron chi connectivity index (χ4n) is 1.49. The molecule has 0 N–H and O–H groups in total. The van der Waals surface area contributed by atoms with E-state index in [2.05, 4.69) is 4.98 Å². The van der Waals surface area contributed by atoms with E-state index in [9.17, 15) is 10.1 Å². The number of hydrogen-bond donors (Lipinski definition) is 0. The topological polar surface area (TPSA) is 56.0 Å². The quantitative estimate of drug-likeness (QED) is 0.324. The number of halogens is 4. The van der Waals surface area contributed by atoms with Gasteiger partial charge in [0.05, 0.1) is 20.0 Å². The zero-order valence-corrected chi connectivity index (χ0v) is 12.1. The Morgan fingerprint density at radius 1 is 1.11 bits per heavy atom. The van der Waals surface area contributed by atoms with Crippen LogP contribution in [0.4, 0.5) is 5.69 Å². The van der Waals surface area contributed by atoms with E-state index in [0.29, 0.717) is 5.56 Å². The molecule has 0 amide bonds. The number of nitrogens with zero attached hydrogens (tertiary/aromatic N) is 2. The molecule has 0 aliphatic carbocycles. The highest BCUT2D eigenvalue weighted by atomic mass is 35.5. The summed E-state index contributed by atoms with van der Waals surface area (Å²) in [7, 11) is 0. The summed E-state index contributed by atoms with van der Waals surface area (Å²) in [5, 5.41) is 11.5. The van der Waals surface area contributed by atoms with Gasteiger partial charge in [-0.05, 0) is 12.1 Å². The third-order valence-corrected chi connectivity index (χ3v) is 3.77. The van der Waals surface area contributed by atoms with Crippen LogP contribution in [0.15, 0.2) is 24.4 Å². The maximum Gasteiger partial charge on any atom is 0.288 e. The summed E-state index contributed by atoms with van der Waals surface area (Å²) in [6, 6.07) is 4.30. The Morgan fingerprint density at radius 3 is 2.37 bits per heavy atom. The third-order valence-electron chi connectivity index (χ3n) is 2.35. The molecule has 4 nitrogen and oxygen atoms in total. The van der Waals surface area contributed by atoms with Gasteiger partial charge in [-0.3, -0.25) is 10.1 Å². The first-order valence-corrected chi connectivity index (χ1v) is 6.37. The first-order valence-electron chi connectivity index (χ1n) is 4.85. The Morgan fingerprint density at radius 2 is 1.74 bits per heavy atom. The molecule has 19 heavy (non-hydrogen) atoms. The van der Waals surface area contributed by atoms with Gasteiger partial charge < -0.3 is 0 Å². The molecule has 1 aromatic heterocycles. The van der Waals surface area contributed by atoms with E-state index in [1.165, 1.54) is 18.2 Å². The van der Waals surface area contributed by atoms with E-state index in [4.69, 9.17) is 46.4 Å². The van der Waals surface area contributed by atoms with Crippen LogP contribution in [0.25, 0.3) is 11.1 Å². The molecule has 98 valence electrons. The Bertz CT molecular complexity index is 676. The minimum atomic E-state index is -0.584. The summed E-state index contributed by atoms with van der Waals surface area (Å²) in [6.45, 7) is 0. The van der Waals surface area contributed by atoms with E-state index >= 15 is 0 Å². The van der Waals surface area contributed by atoms with Crippen molar-refractivity contribution < 1.29 is 4.92 Å². The zero-order chi connectivity index (χ0) is 14.2. The Hall–Kier alpha value is -1.07. The molecule has 0 radical (unpaired) electrons. The molecule has 0 bridgehead atoms. The molecule has 0 saturated carbocycles. The molecule has 0 fully saturated rings. The van der Waals surface area contributed by atoms with Gasteiger partial charge in [0.25, 0.3) is 5.69 Å². The number of hydrogen-bond acceptors (Lipinski definition) is 3. The molecule has 0 saturated heterocycles. The normalized spacial score (nSPS) is 10.5. The first kappa shape index (κ1) is 14.3. The molecule has 0 spiro atoms. The van der Waals surface area contributed by atoms with Crippen molar-refractivity contribution in [2.75, 3.05) is 0 Å². The highest BCUT2D eigenvalue weighted by Gasteiger charge is 2.18. The van der Waals surface area contributed by atoms with Crippen molar-refractivity contribution >= 4 is 52.1 Å². The number of aromatic nitrogens is 1. The molecule has 0 aliphatic heterocycles. The smallest absolute Gasteiger partial charge is 0.258 e. The lowest BCUT2D eigenvalue weighted by molar-refractivity contribution is -0.385. The predicted molar refractivity (Wildman–Crippen MR) is 76.4 cm³/mol. The maximum absolute atomic E-state index is 10.8. The van der Waals surface area contributed by atoms with Gasteiger partial charge >= 0.3 is 0 Å². The molecule has 2 rings (SSSR count). The highest BCUT2D eigenvalue weighted by molar-refractivity contribution is 6.46. The van der Waals surface area contributed by atoms with Crippen molar-refractivity contribution in [1.82, 2.24) is 4.98 Å². The van der Waals surface area contributed by atoms with Crippen LogP contribution in [0.3, 0.4) is 0 Å². The minimum Gasteiger partial charge on any atom is -0.258 e. The van der Waals surface area contributed by atoms with E-state index in [0.717, 1.165) is 6.20 Å². The van der Waals surface area contributed by atoms with E-state index in [1.54, 1.807) is 0 Å². The maximum atomic E-state index is 10.8. The monoisotopic (exact) mass is 336 g/mol. The summed E-state index contributed by atoms with van der Waals surface area (Å²) in [4.78, 5) is 13.9. The van der Waals surface area contributed by atoms with Gasteiger partial charge in [-0.2, -0.15) is 0 Å². The largest absolute Gasteiger partial charge is 0.288 e. The van der Waals surface area contributed by atoms with Crippen LogP contribution >= 0.6 is 46.4 Å². The van der Waals surface area contributed by atoms with Crippen LogP contribution in [-0.2, 0) is 0 Å². The van der Waals surface area contributed by atoms with Crippen LogP contribution < -0.4 is 0 Å². The number of pyridine rings is 1. The number of benzene rings is 1. The van der Waals surface area contributed by atoms with Crippen LogP contribution in [0.5, 0.6) is 0 Å². The fourth-order valence-corrected chi connectivity index (χ4v) is 2.42.